The van der Waals surface area contributed by atoms with E-state index in [0.29, 0.717) is 19.0 Å². The van der Waals surface area contributed by atoms with Crippen molar-refractivity contribution in [1.29, 1.82) is 0 Å². The second-order valence-electron chi connectivity index (χ2n) is 5.75. The van der Waals surface area contributed by atoms with Crippen molar-refractivity contribution >= 4 is 0 Å². The van der Waals surface area contributed by atoms with Gasteiger partial charge in [0.05, 0.1) is 6.61 Å². The Labute approximate surface area is 147 Å². The van der Waals surface area contributed by atoms with Crippen LogP contribution in [0.3, 0.4) is 0 Å². The number of methoxy groups -OCH3 is 1. The van der Waals surface area contributed by atoms with Crippen molar-refractivity contribution in [2.45, 2.75) is 31.7 Å². The molecule has 1 aliphatic heterocycles. The third kappa shape index (κ3) is 4.60. The van der Waals surface area contributed by atoms with Gasteiger partial charge >= 0.3 is 0 Å². The van der Waals surface area contributed by atoms with Crippen LogP contribution < -0.4 is 0 Å². The summed E-state index contributed by atoms with van der Waals surface area (Å²) in [6, 6.07) is 19.6. The molecule has 0 saturated carbocycles. The number of benzene rings is 2. The zero-order valence-electron chi connectivity index (χ0n) is 14.1. The van der Waals surface area contributed by atoms with Crippen molar-refractivity contribution < 1.29 is 24.1 Å². The molecule has 3 rings (SSSR count). The quantitative estimate of drug-likeness (QED) is 0.784. The molecular formula is C20H22O5. The van der Waals surface area contributed by atoms with E-state index in [2.05, 4.69) is 0 Å². The number of aliphatic hydroxyl groups excluding tert-OH is 1. The van der Waals surface area contributed by atoms with E-state index >= 15 is 0 Å². The molecule has 1 aliphatic rings. The van der Waals surface area contributed by atoms with Crippen molar-refractivity contribution in [2.24, 2.45) is 0 Å². The predicted octanol–water partition coefficient (Wildman–Crippen LogP) is 2.99. The van der Waals surface area contributed by atoms with Gasteiger partial charge in [-0.3, -0.25) is 0 Å². The molecule has 0 spiro atoms. The molecule has 1 heterocycles. The standard InChI is InChI=1S/C20H22O5/c1-22-20-18(21)19(24-13-16-10-6-3-7-11-16)17(25-20)14-23-12-15-8-4-2-5-9-15/h2-11,14,18-21H,12-13H2,1H3/b17-14+/t18?,19-,20?/m1/s1. The van der Waals surface area contributed by atoms with Gasteiger partial charge in [-0.2, -0.15) is 0 Å². The topological polar surface area (TPSA) is 57.2 Å². The summed E-state index contributed by atoms with van der Waals surface area (Å²) in [4.78, 5) is 0. The molecule has 0 aromatic heterocycles. The largest absolute Gasteiger partial charge is 0.493 e. The van der Waals surface area contributed by atoms with E-state index in [0.717, 1.165) is 11.1 Å². The van der Waals surface area contributed by atoms with Crippen LogP contribution in [0.1, 0.15) is 11.1 Å². The van der Waals surface area contributed by atoms with E-state index in [1.165, 1.54) is 13.4 Å². The monoisotopic (exact) mass is 342 g/mol. The maximum Gasteiger partial charge on any atom is 0.228 e. The first-order chi connectivity index (χ1) is 12.3. The average Bonchev–Trinajstić information content (AvgIpc) is 2.97. The van der Waals surface area contributed by atoms with E-state index in [-0.39, 0.29) is 0 Å². The van der Waals surface area contributed by atoms with Crippen molar-refractivity contribution in [3.63, 3.8) is 0 Å². The fourth-order valence-electron chi connectivity index (χ4n) is 2.60. The van der Waals surface area contributed by atoms with E-state index in [4.69, 9.17) is 18.9 Å². The Morgan fingerprint density at radius 1 is 0.960 bits per heavy atom. The van der Waals surface area contributed by atoms with E-state index in [1.807, 2.05) is 60.7 Å². The molecule has 132 valence electrons. The van der Waals surface area contributed by atoms with Gasteiger partial charge in [0.1, 0.15) is 19.0 Å². The Hall–Kier alpha value is -2.34. The first-order valence-electron chi connectivity index (χ1n) is 8.16. The average molecular weight is 342 g/mol. The molecule has 1 N–H and O–H groups in total. The van der Waals surface area contributed by atoms with Crippen LogP contribution >= 0.6 is 0 Å². The highest BCUT2D eigenvalue weighted by Gasteiger charge is 2.42. The second-order valence-corrected chi connectivity index (χ2v) is 5.75. The summed E-state index contributed by atoms with van der Waals surface area (Å²) in [5.41, 5.74) is 2.06. The Morgan fingerprint density at radius 3 is 2.16 bits per heavy atom. The molecule has 25 heavy (non-hydrogen) atoms. The molecule has 2 unspecified atom stereocenters. The van der Waals surface area contributed by atoms with Crippen LogP contribution in [0, 0.1) is 0 Å². The maximum atomic E-state index is 10.3. The van der Waals surface area contributed by atoms with Gasteiger partial charge in [0.15, 0.2) is 11.9 Å². The number of ether oxygens (including phenoxy) is 4. The fourth-order valence-corrected chi connectivity index (χ4v) is 2.60. The van der Waals surface area contributed by atoms with E-state index in [9.17, 15) is 5.11 Å². The summed E-state index contributed by atoms with van der Waals surface area (Å²) in [5, 5.41) is 10.3. The van der Waals surface area contributed by atoms with E-state index < -0.39 is 18.5 Å². The van der Waals surface area contributed by atoms with Gasteiger partial charge in [0.2, 0.25) is 6.29 Å². The number of hydrogen-bond donors (Lipinski definition) is 1. The van der Waals surface area contributed by atoms with Crippen molar-refractivity contribution in [3.05, 3.63) is 83.8 Å². The zero-order valence-corrected chi connectivity index (χ0v) is 14.1. The van der Waals surface area contributed by atoms with Gasteiger partial charge in [0.25, 0.3) is 0 Å². The van der Waals surface area contributed by atoms with Crippen LogP contribution in [0.25, 0.3) is 0 Å². The molecule has 5 heteroatoms. The Kier molecular flexibility index (Phi) is 6.06. The minimum atomic E-state index is -0.916. The Morgan fingerprint density at radius 2 is 1.56 bits per heavy atom. The van der Waals surface area contributed by atoms with Crippen LogP contribution in [-0.2, 0) is 32.2 Å². The smallest absolute Gasteiger partial charge is 0.228 e. The lowest BCUT2D eigenvalue weighted by Gasteiger charge is -2.15. The number of hydrogen-bond acceptors (Lipinski definition) is 5. The highest BCUT2D eigenvalue weighted by Crippen LogP contribution is 2.28. The summed E-state index contributed by atoms with van der Waals surface area (Å²) in [5.74, 6) is 0.422. The fraction of sp³-hybridized carbons (Fsp3) is 0.300. The second kappa shape index (κ2) is 8.67. The number of rotatable bonds is 7. The molecule has 0 bridgehead atoms. The molecule has 0 aliphatic carbocycles. The summed E-state index contributed by atoms with van der Waals surface area (Å²) >= 11 is 0. The van der Waals surface area contributed by atoms with E-state index in [1.54, 1.807) is 0 Å². The lowest BCUT2D eigenvalue weighted by atomic mass is 10.2. The van der Waals surface area contributed by atoms with Gasteiger partial charge in [-0.15, -0.1) is 0 Å². The summed E-state index contributed by atoms with van der Waals surface area (Å²) < 4.78 is 22.2. The molecule has 1 fully saturated rings. The molecule has 1 saturated heterocycles. The maximum absolute atomic E-state index is 10.3. The van der Waals surface area contributed by atoms with Crippen LogP contribution in [0.2, 0.25) is 0 Å². The lowest BCUT2D eigenvalue weighted by Crippen LogP contribution is -2.32. The normalized spacial score (nSPS) is 24.2. The van der Waals surface area contributed by atoms with Gasteiger partial charge in [-0.05, 0) is 11.1 Å². The summed E-state index contributed by atoms with van der Waals surface area (Å²) in [6.07, 6.45) is -0.834. The van der Waals surface area contributed by atoms with Crippen molar-refractivity contribution in [2.75, 3.05) is 7.11 Å². The Bertz CT molecular complexity index is 671. The van der Waals surface area contributed by atoms with Crippen molar-refractivity contribution in [1.82, 2.24) is 0 Å². The minimum absolute atomic E-state index is 0.360. The summed E-state index contributed by atoms with van der Waals surface area (Å²) in [6.45, 7) is 0.769. The summed E-state index contributed by atoms with van der Waals surface area (Å²) in [7, 11) is 1.48. The molecule has 0 radical (unpaired) electrons. The first-order valence-corrected chi connectivity index (χ1v) is 8.16. The highest BCUT2D eigenvalue weighted by atomic mass is 16.7. The molecule has 3 atom stereocenters. The highest BCUT2D eigenvalue weighted by molar-refractivity contribution is 5.15. The van der Waals surface area contributed by atoms with Crippen molar-refractivity contribution in [3.8, 4) is 0 Å². The third-order valence-corrected chi connectivity index (χ3v) is 3.92. The molecule has 5 nitrogen and oxygen atoms in total. The van der Waals surface area contributed by atoms with Crippen LogP contribution in [-0.4, -0.2) is 30.7 Å². The van der Waals surface area contributed by atoms with Crippen LogP contribution in [0.5, 0.6) is 0 Å². The van der Waals surface area contributed by atoms with Crippen LogP contribution in [0.15, 0.2) is 72.7 Å². The Balaban J connectivity index is 1.63. The van der Waals surface area contributed by atoms with Gasteiger partial charge in [0, 0.05) is 7.11 Å². The first kappa shape index (κ1) is 17.5. The minimum Gasteiger partial charge on any atom is -0.493 e. The molecule has 2 aromatic rings. The molecule has 0 amide bonds. The molecule has 2 aromatic carbocycles. The van der Waals surface area contributed by atoms with Gasteiger partial charge in [-0.25, -0.2) is 0 Å². The number of aliphatic hydroxyl groups is 1. The molecular weight excluding hydrogens is 320 g/mol. The van der Waals surface area contributed by atoms with Gasteiger partial charge < -0.3 is 24.1 Å². The third-order valence-electron chi connectivity index (χ3n) is 3.92. The zero-order chi connectivity index (χ0) is 17.5. The lowest BCUT2D eigenvalue weighted by molar-refractivity contribution is -0.131. The van der Waals surface area contributed by atoms with Gasteiger partial charge in [-0.1, -0.05) is 60.7 Å². The SMILES string of the molecule is COC1O/C(=C/OCc2ccccc2)[C@@H](OCc2ccccc2)C1O. The predicted molar refractivity (Wildman–Crippen MR) is 92.2 cm³/mol. The van der Waals surface area contributed by atoms with Crippen LogP contribution in [0.4, 0.5) is 0 Å².